The first-order valence-electron chi connectivity index (χ1n) is 11.8. The van der Waals surface area contributed by atoms with E-state index in [0.717, 1.165) is 43.5 Å². The highest BCUT2D eigenvalue weighted by Gasteiger charge is 2.38. The standard InChI is InChI=1S/C25H33N3O4S/c1-18-6-8-21(9-7-18)10-11-23-24(20(3)26-32-23)33(30,31)28-14-4-5-22(17-28)25(29)27-15-12-19(2)13-16-27/h6-11,19,22H,4-5,12-17H2,1-3H3/b11-10+/t22-/m0/s1. The molecule has 0 N–H and O–H groups in total. The van der Waals surface area contributed by atoms with Crippen LogP contribution in [0, 0.1) is 25.7 Å². The van der Waals surface area contributed by atoms with Gasteiger partial charge < -0.3 is 9.42 Å². The first kappa shape index (κ1) is 23.7. The molecule has 0 radical (unpaired) electrons. The zero-order valence-electron chi connectivity index (χ0n) is 19.7. The van der Waals surface area contributed by atoms with Crippen LogP contribution >= 0.6 is 0 Å². The molecule has 3 heterocycles. The summed E-state index contributed by atoms with van der Waals surface area (Å²) < 4.78 is 34.0. The average molecular weight is 472 g/mol. The predicted molar refractivity (Wildman–Crippen MR) is 128 cm³/mol. The zero-order valence-corrected chi connectivity index (χ0v) is 20.5. The molecule has 7 nitrogen and oxygen atoms in total. The Bertz CT molecular complexity index is 1110. The van der Waals surface area contributed by atoms with Crippen LogP contribution < -0.4 is 0 Å². The zero-order chi connectivity index (χ0) is 23.6. The highest BCUT2D eigenvalue weighted by molar-refractivity contribution is 7.89. The van der Waals surface area contributed by atoms with Crippen LogP contribution in [0.15, 0.2) is 33.7 Å². The van der Waals surface area contributed by atoms with Gasteiger partial charge >= 0.3 is 0 Å². The molecule has 33 heavy (non-hydrogen) atoms. The summed E-state index contributed by atoms with van der Waals surface area (Å²) in [5.74, 6) is 0.642. The molecule has 2 saturated heterocycles. The Balaban J connectivity index is 1.52. The summed E-state index contributed by atoms with van der Waals surface area (Å²) in [5, 5.41) is 3.93. The molecule has 8 heteroatoms. The van der Waals surface area contributed by atoms with Crippen LogP contribution in [0.25, 0.3) is 12.2 Å². The Morgan fingerprint density at radius 1 is 1.06 bits per heavy atom. The van der Waals surface area contributed by atoms with Gasteiger partial charge in [0.1, 0.15) is 5.69 Å². The maximum atomic E-state index is 13.6. The number of piperidine rings is 2. The summed E-state index contributed by atoms with van der Waals surface area (Å²) in [6, 6.07) is 7.92. The third-order valence-electron chi connectivity index (χ3n) is 6.76. The maximum Gasteiger partial charge on any atom is 0.248 e. The fourth-order valence-corrected chi connectivity index (χ4v) is 6.40. The van der Waals surface area contributed by atoms with Gasteiger partial charge in [-0.25, -0.2) is 8.42 Å². The van der Waals surface area contributed by atoms with Gasteiger partial charge in [-0.15, -0.1) is 0 Å². The molecule has 0 saturated carbocycles. The van der Waals surface area contributed by atoms with Crippen LogP contribution in [0.2, 0.25) is 0 Å². The third-order valence-corrected chi connectivity index (χ3v) is 8.79. The van der Waals surface area contributed by atoms with Gasteiger partial charge in [0.2, 0.25) is 15.9 Å². The highest BCUT2D eigenvalue weighted by Crippen LogP contribution is 2.30. The van der Waals surface area contributed by atoms with Gasteiger partial charge in [-0.1, -0.05) is 48.0 Å². The minimum Gasteiger partial charge on any atom is -0.355 e. The van der Waals surface area contributed by atoms with Crippen molar-refractivity contribution in [3.05, 3.63) is 46.8 Å². The Kier molecular flexibility index (Phi) is 7.05. The minimum atomic E-state index is -3.84. The van der Waals surface area contributed by atoms with Crippen LogP contribution in [-0.4, -0.2) is 54.9 Å². The van der Waals surface area contributed by atoms with Crippen molar-refractivity contribution in [3.63, 3.8) is 0 Å². The lowest BCUT2D eigenvalue weighted by Crippen LogP contribution is -2.48. The van der Waals surface area contributed by atoms with Crippen molar-refractivity contribution in [2.45, 2.75) is 51.3 Å². The van der Waals surface area contributed by atoms with Crippen LogP contribution in [-0.2, 0) is 14.8 Å². The molecular formula is C25H33N3O4S. The molecule has 0 unspecified atom stereocenters. The normalized spacial score (nSPS) is 21.1. The molecule has 2 aliphatic rings. The van der Waals surface area contributed by atoms with Crippen molar-refractivity contribution in [2.75, 3.05) is 26.2 Å². The van der Waals surface area contributed by atoms with Crippen LogP contribution in [0.5, 0.6) is 0 Å². The van der Waals surface area contributed by atoms with E-state index in [0.29, 0.717) is 24.6 Å². The molecule has 0 aliphatic carbocycles. The monoisotopic (exact) mass is 471 g/mol. The smallest absolute Gasteiger partial charge is 0.248 e. The van der Waals surface area contributed by atoms with Crippen molar-refractivity contribution in [1.82, 2.24) is 14.4 Å². The van der Waals surface area contributed by atoms with E-state index >= 15 is 0 Å². The minimum absolute atomic E-state index is 0.0864. The summed E-state index contributed by atoms with van der Waals surface area (Å²) in [4.78, 5) is 15.1. The number of hydrogen-bond acceptors (Lipinski definition) is 5. The number of hydrogen-bond donors (Lipinski definition) is 0. The number of rotatable bonds is 5. The lowest BCUT2D eigenvalue weighted by molar-refractivity contribution is -0.138. The van der Waals surface area contributed by atoms with Gasteiger partial charge in [0.05, 0.1) is 5.92 Å². The van der Waals surface area contributed by atoms with E-state index < -0.39 is 10.0 Å². The number of amides is 1. The molecule has 178 valence electrons. The van der Waals surface area contributed by atoms with Gasteiger partial charge in [0, 0.05) is 26.2 Å². The largest absolute Gasteiger partial charge is 0.355 e. The first-order valence-corrected chi connectivity index (χ1v) is 13.2. The molecule has 2 aliphatic heterocycles. The quantitative estimate of drug-likeness (QED) is 0.655. The summed E-state index contributed by atoms with van der Waals surface area (Å²) in [7, 11) is -3.84. The van der Waals surface area contributed by atoms with Gasteiger partial charge in [-0.05, 0) is 57.1 Å². The fraction of sp³-hybridized carbons (Fsp3) is 0.520. The Morgan fingerprint density at radius 2 is 1.76 bits per heavy atom. The number of nitrogens with zero attached hydrogens (tertiary/aromatic N) is 3. The molecule has 1 aromatic heterocycles. The maximum absolute atomic E-state index is 13.6. The van der Waals surface area contributed by atoms with E-state index in [4.69, 9.17) is 4.52 Å². The van der Waals surface area contributed by atoms with Crippen molar-refractivity contribution < 1.29 is 17.7 Å². The van der Waals surface area contributed by atoms with Gasteiger partial charge in [-0.3, -0.25) is 4.79 Å². The molecule has 4 rings (SSSR count). The van der Waals surface area contributed by atoms with Crippen molar-refractivity contribution in [1.29, 1.82) is 0 Å². The fourth-order valence-electron chi connectivity index (χ4n) is 4.63. The Morgan fingerprint density at radius 3 is 2.45 bits per heavy atom. The number of aromatic nitrogens is 1. The molecule has 1 atom stereocenters. The molecular weight excluding hydrogens is 438 g/mol. The van der Waals surface area contributed by atoms with Crippen LogP contribution in [0.4, 0.5) is 0 Å². The summed E-state index contributed by atoms with van der Waals surface area (Å²) in [6.45, 7) is 8.00. The van der Waals surface area contributed by atoms with Crippen LogP contribution in [0.3, 0.4) is 0 Å². The molecule has 1 aromatic carbocycles. The summed E-state index contributed by atoms with van der Waals surface area (Å²) >= 11 is 0. The average Bonchev–Trinajstić information content (AvgIpc) is 3.20. The second-order valence-electron chi connectivity index (χ2n) is 9.42. The van der Waals surface area contributed by atoms with Crippen molar-refractivity contribution in [2.24, 2.45) is 11.8 Å². The molecule has 0 spiro atoms. The van der Waals surface area contributed by atoms with Crippen molar-refractivity contribution in [3.8, 4) is 0 Å². The summed E-state index contributed by atoms with van der Waals surface area (Å²) in [6.07, 6.45) is 6.88. The Hall–Kier alpha value is -2.45. The van der Waals surface area contributed by atoms with E-state index in [1.54, 1.807) is 13.0 Å². The first-order chi connectivity index (χ1) is 15.8. The Labute approximate surface area is 196 Å². The van der Waals surface area contributed by atoms with Crippen molar-refractivity contribution >= 4 is 28.1 Å². The number of aryl methyl sites for hydroxylation is 2. The predicted octanol–water partition coefficient (Wildman–Crippen LogP) is 4.12. The van der Waals surface area contributed by atoms with Gasteiger partial charge in [-0.2, -0.15) is 4.31 Å². The van der Waals surface area contributed by atoms with Gasteiger partial charge in [0.25, 0.3) is 0 Å². The topological polar surface area (TPSA) is 83.7 Å². The van der Waals surface area contributed by atoms with Gasteiger partial charge in [0.15, 0.2) is 10.7 Å². The van der Waals surface area contributed by atoms with Crippen LogP contribution in [0.1, 0.15) is 55.2 Å². The molecule has 2 aromatic rings. The number of sulfonamides is 1. The van der Waals surface area contributed by atoms with E-state index in [1.165, 1.54) is 4.31 Å². The lowest BCUT2D eigenvalue weighted by atomic mass is 9.94. The summed E-state index contributed by atoms with van der Waals surface area (Å²) in [5.41, 5.74) is 2.42. The van der Waals surface area contributed by atoms with E-state index in [2.05, 4.69) is 12.1 Å². The highest BCUT2D eigenvalue weighted by atomic mass is 32.2. The molecule has 2 fully saturated rings. The SMILES string of the molecule is Cc1ccc(/C=C/c2onc(C)c2S(=O)(=O)N2CCC[C@H](C(=O)N3CCC(C)CC3)C2)cc1. The second kappa shape index (κ2) is 9.81. The van der Waals surface area contributed by atoms with E-state index in [9.17, 15) is 13.2 Å². The third kappa shape index (κ3) is 5.22. The number of carbonyl (C=O) groups excluding carboxylic acids is 1. The second-order valence-corrected chi connectivity index (χ2v) is 11.3. The lowest BCUT2D eigenvalue weighted by Gasteiger charge is -2.36. The van der Waals surface area contributed by atoms with E-state index in [1.807, 2.05) is 42.2 Å². The number of carbonyl (C=O) groups is 1. The van der Waals surface area contributed by atoms with E-state index in [-0.39, 0.29) is 29.0 Å². The molecule has 0 bridgehead atoms. The number of likely N-dealkylation sites (tertiary alicyclic amines) is 1. The molecule has 1 amide bonds. The number of benzene rings is 1.